The molecular formula is C17H20N4O2. The summed E-state index contributed by atoms with van der Waals surface area (Å²) >= 11 is 0. The molecule has 23 heavy (non-hydrogen) atoms. The van der Waals surface area contributed by atoms with Gasteiger partial charge in [0.1, 0.15) is 0 Å². The van der Waals surface area contributed by atoms with Gasteiger partial charge in [-0.1, -0.05) is 6.42 Å². The van der Waals surface area contributed by atoms with Crippen LogP contribution in [0.25, 0.3) is 5.69 Å². The molecule has 2 aromatic rings. The molecule has 1 aromatic heterocycles. The number of aromatic nitrogens is 2. The van der Waals surface area contributed by atoms with Crippen molar-refractivity contribution < 1.29 is 9.59 Å². The molecule has 0 radical (unpaired) electrons. The van der Waals surface area contributed by atoms with E-state index in [4.69, 9.17) is 0 Å². The van der Waals surface area contributed by atoms with Crippen molar-refractivity contribution in [3.05, 3.63) is 47.8 Å². The van der Waals surface area contributed by atoms with E-state index in [0.29, 0.717) is 12.1 Å². The molecule has 0 saturated heterocycles. The zero-order chi connectivity index (χ0) is 16.2. The number of nitrogens with zero attached hydrogens (tertiary/aromatic N) is 2. The van der Waals surface area contributed by atoms with Gasteiger partial charge in [-0.3, -0.25) is 9.59 Å². The molecule has 0 spiro atoms. The maximum absolute atomic E-state index is 11.8. The quantitative estimate of drug-likeness (QED) is 0.881. The predicted molar refractivity (Wildman–Crippen MR) is 86.1 cm³/mol. The highest BCUT2D eigenvalue weighted by Crippen LogP contribution is 2.26. The van der Waals surface area contributed by atoms with Crippen LogP contribution in [-0.4, -0.2) is 28.6 Å². The number of rotatable bonds is 5. The summed E-state index contributed by atoms with van der Waals surface area (Å²) in [7, 11) is 1.61. The van der Waals surface area contributed by atoms with E-state index in [1.165, 1.54) is 0 Å². The van der Waals surface area contributed by atoms with E-state index in [2.05, 4.69) is 15.7 Å². The highest BCUT2D eigenvalue weighted by molar-refractivity contribution is 5.94. The van der Waals surface area contributed by atoms with Crippen LogP contribution in [-0.2, 0) is 11.3 Å². The van der Waals surface area contributed by atoms with Gasteiger partial charge in [0, 0.05) is 36.8 Å². The number of benzene rings is 1. The van der Waals surface area contributed by atoms with E-state index >= 15 is 0 Å². The van der Waals surface area contributed by atoms with E-state index < -0.39 is 0 Å². The standard InChI is InChI=1S/C17H20N4O2/c1-18-16(22)14-5-7-15(8-6-14)21-11-12(10-20-21)9-19-17(23)13-3-2-4-13/h5-8,10-11,13H,2-4,9H2,1H3,(H,18,22)(H,19,23). The lowest BCUT2D eigenvalue weighted by Gasteiger charge is -2.23. The summed E-state index contributed by atoms with van der Waals surface area (Å²) < 4.78 is 1.73. The third-order valence-electron chi connectivity index (χ3n) is 4.20. The molecule has 6 heteroatoms. The first-order chi connectivity index (χ1) is 11.2. The second-order valence-corrected chi connectivity index (χ2v) is 5.76. The van der Waals surface area contributed by atoms with E-state index in [1.807, 2.05) is 18.3 Å². The van der Waals surface area contributed by atoms with Crippen LogP contribution < -0.4 is 10.6 Å². The summed E-state index contributed by atoms with van der Waals surface area (Å²) in [4.78, 5) is 23.4. The van der Waals surface area contributed by atoms with Gasteiger partial charge in [-0.15, -0.1) is 0 Å². The molecule has 1 saturated carbocycles. The third kappa shape index (κ3) is 3.41. The molecule has 2 amide bonds. The van der Waals surface area contributed by atoms with Crippen molar-refractivity contribution >= 4 is 11.8 Å². The fourth-order valence-electron chi connectivity index (χ4n) is 2.51. The average Bonchev–Trinajstić information content (AvgIpc) is 2.99. The first-order valence-electron chi connectivity index (χ1n) is 7.81. The second kappa shape index (κ2) is 6.64. The fraction of sp³-hybridized carbons (Fsp3) is 0.353. The van der Waals surface area contributed by atoms with E-state index in [-0.39, 0.29) is 17.7 Å². The summed E-state index contributed by atoms with van der Waals surface area (Å²) in [5.74, 6) is 0.220. The molecule has 6 nitrogen and oxygen atoms in total. The highest BCUT2D eigenvalue weighted by Gasteiger charge is 2.24. The zero-order valence-corrected chi connectivity index (χ0v) is 13.1. The summed E-state index contributed by atoms with van der Waals surface area (Å²) in [6, 6.07) is 7.20. The van der Waals surface area contributed by atoms with Crippen LogP contribution in [0.5, 0.6) is 0 Å². The highest BCUT2D eigenvalue weighted by atomic mass is 16.2. The van der Waals surface area contributed by atoms with E-state index in [0.717, 1.165) is 30.5 Å². The lowest BCUT2D eigenvalue weighted by atomic mass is 9.85. The van der Waals surface area contributed by atoms with Crippen LogP contribution in [0.1, 0.15) is 35.2 Å². The zero-order valence-electron chi connectivity index (χ0n) is 13.1. The van der Waals surface area contributed by atoms with Gasteiger partial charge in [-0.05, 0) is 37.1 Å². The van der Waals surface area contributed by atoms with Gasteiger partial charge in [0.2, 0.25) is 5.91 Å². The summed E-state index contributed by atoms with van der Waals surface area (Å²) in [5.41, 5.74) is 2.43. The number of nitrogens with one attached hydrogen (secondary N) is 2. The minimum absolute atomic E-state index is 0.114. The molecule has 1 aromatic carbocycles. The van der Waals surface area contributed by atoms with Gasteiger partial charge in [0.05, 0.1) is 11.9 Å². The Balaban J connectivity index is 1.62. The molecule has 0 bridgehead atoms. The monoisotopic (exact) mass is 312 g/mol. The third-order valence-corrected chi connectivity index (χ3v) is 4.20. The van der Waals surface area contributed by atoms with Crippen molar-refractivity contribution in [2.45, 2.75) is 25.8 Å². The van der Waals surface area contributed by atoms with Gasteiger partial charge >= 0.3 is 0 Å². The molecule has 3 rings (SSSR count). The van der Waals surface area contributed by atoms with Crippen LogP contribution in [0.2, 0.25) is 0 Å². The van der Waals surface area contributed by atoms with Crippen molar-refractivity contribution in [1.29, 1.82) is 0 Å². The fourth-order valence-corrected chi connectivity index (χ4v) is 2.51. The smallest absolute Gasteiger partial charge is 0.251 e. The minimum atomic E-state index is -0.114. The van der Waals surface area contributed by atoms with Gasteiger partial charge in [-0.25, -0.2) is 4.68 Å². The van der Waals surface area contributed by atoms with Gasteiger partial charge < -0.3 is 10.6 Å². The first kappa shape index (κ1) is 15.3. The van der Waals surface area contributed by atoms with E-state index in [1.54, 1.807) is 30.1 Å². The van der Waals surface area contributed by atoms with Crippen LogP contribution >= 0.6 is 0 Å². The molecule has 120 valence electrons. The molecule has 1 heterocycles. The Morgan fingerprint density at radius 2 is 2.00 bits per heavy atom. The maximum atomic E-state index is 11.8. The molecule has 0 atom stereocenters. The number of carbonyl (C=O) groups is 2. The van der Waals surface area contributed by atoms with Crippen molar-refractivity contribution in [2.75, 3.05) is 7.05 Å². The number of hydrogen-bond acceptors (Lipinski definition) is 3. The lowest BCUT2D eigenvalue weighted by molar-refractivity contribution is -0.127. The lowest BCUT2D eigenvalue weighted by Crippen LogP contribution is -2.33. The topological polar surface area (TPSA) is 76.0 Å². The molecule has 2 N–H and O–H groups in total. The Morgan fingerprint density at radius 1 is 1.26 bits per heavy atom. The van der Waals surface area contributed by atoms with Crippen LogP contribution in [0, 0.1) is 5.92 Å². The van der Waals surface area contributed by atoms with Crippen LogP contribution in [0.15, 0.2) is 36.7 Å². The summed E-state index contributed by atoms with van der Waals surface area (Å²) in [6.07, 6.45) is 6.79. The Labute approximate surface area is 134 Å². The Morgan fingerprint density at radius 3 is 2.61 bits per heavy atom. The van der Waals surface area contributed by atoms with Crippen molar-refractivity contribution in [2.24, 2.45) is 5.92 Å². The second-order valence-electron chi connectivity index (χ2n) is 5.76. The number of amides is 2. The van der Waals surface area contributed by atoms with Crippen molar-refractivity contribution in [3.8, 4) is 5.69 Å². The predicted octanol–water partition coefficient (Wildman–Crippen LogP) is 1.65. The SMILES string of the molecule is CNC(=O)c1ccc(-n2cc(CNC(=O)C3CCC3)cn2)cc1. The molecule has 0 aliphatic heterocycles. The average molecular weight is 312 g/mol. The molecular weight excluding hydrogens is 292 g/mol. The van der Waals surface area contributed by atoms with Crippen molar-refractivity contribution in [1.82, 2.24) is 20.4 Å². The minimum Gasteiger partial charge on any atom is -0.355 e. The largest absolute Gasteiger partial charge is 0.355 e. The molecule has 1 fully saturated rings. The van der Waals surface area contributed by atoms with Crippen LogP contribution in [0.4, 0.5) is 0 Å². The molecule has 0 unspecified atom stereocenters. The van der Waals surface area contributed by atoms with Crippen LogP contribution in [0.3, 0.4) is 0 Å². The Kier molecular flexibility index (Phi) is 4.41. The van der Waals surface area contributed by atoms with Gasteiger partial charge in [0.25, 0.3) is 5.91 Å². The summed E-state index contributed by atoms with van der Waals surface area (Å²) in [6.45, 7) is 0.492. The van der Waals surface area contributed by atoms with Gasteiger partial charge in [0.15, 0.2) is 0 Å². The first-order valence-corrected chi connectivity index (χ1v) is 7.81. The number of hydrogen-bond donors (Lipinski definition) is 2. The van der Waals surface area contributed by atoms with Crippen molar-refractivity contribution in [3.63, 3.8) is 0 Å². The molecule has 1 aliphatic carbocycles. The maximum Gasteiger partial charge on any atom is 0.251 e. The molecule has 1 aliphatic rings. The Hall–Kier alpha value is -2.63. The Bertz CT molecular complexity index is 702. The van der Waals surface area contributed by atoms with E-state index in [9.17, 15) is 9.59 Å². The summed E-state index contributed by atoms with van der Waals surface area (Å²) in [5, 5.41) is 9.84. The normalized spacial score (nSPS) is 14.1. The van der Waals surface area contributed by atoms with Gasteiger partial charge in [-0.2, -0.15) is 5.10 Å². The number of carbonyl (C=O) groups excluding carboxylic acids is 2.